The van der Waals surface area contributed by atoms with Crippen LogP contribution in [0.15, 0.2) is 12.4 Å². The van der Waals surface area contributed by atoms with Crippen LogP contribution in [0.5, 0.6) is 0 Å². The number of nitrogen functional groups attached to an aromatic ring is 1. The molecule has 1 heterocycles. The summed E-state index contributed by atoms with van der Waals surface area (Å²) in [5.74, 6) is 2.17. The van der Waals surface area contributed by atoms with Crippen LogP contribution in [0.4, 0.5) is 5.82 Å². The normalized spacial score (nSPS) is 9.07. The first kappa shape index (κ1) is 9.99. The second-order valence-corrected chi connectivity index (χ2v) is 2.50. The highest BCUT2D eigenvalue weighted by Gasteiger charge is 2.10. The van der Waals surface area contributed by atoms with Gasteiger partial charge in [0.25, 0.3) is 5.91 Å². The molecule has 3 N–H and O–H groups in total. The predicted octanol–water partition coefficient (Wildman–Crippen LogP) is -0.188. The van der Waals surface area contributed by atoms with E-state index in [4.69, 9.17) is 12.2 Å². The van der Waals surface area contributed by atoms with Crippen molar-refractivity contribution in [1.29, 1.82) is 0 Å². The van der Waals surface area contributed by atoms with Crippen LogP contribution >= 0.6 is 0 Å². The molecule has 0 atom stereocenters. The monoisotopic (exact) mass is 190 g/mol. The number of nitrogens with two attached hydrogens (primary N) is 1. The smallest absolute Gasteiger partial charge is 0.273 e. The second kappa shape index (κ2) is 4.82. The van der Waals surface area contributed by atoms with Gasteiger partial charge < -0.3 is 11.1 Å². The van der Waals surface area contributed by atoms with Crippen molar-refractivity contribution >= 4 is 11.7 Å². The molecule has 1 rings (SSSR count). The van der Waals surface area contributed by atoms with Gasteiger partial charge in [-0.2, -0.15) is 0 Å². The lowest BCUT2D eigenvalue weighted by Crippen LogP contribution is -2.26. The molecule has 5 nitrogen and oxygen atoms in total. The van der Waals surface area contributed by atoms with E-state index in [1.165, 1.54) is 12.4 Å². The van der Waals surface area contributed by atoms with Crippen molar-refractivity contribution in [2.24, 2.45) is 0 Å². The Balaban J connectivity index is 2.62. The van der Waals surface area contributed by atoms with Crippen LogP contribution in [0.1, 0.15) is 16.9 Å². The molecule has 0 unspecified atom stereocenters. The lowest BCUT2D eigenvalue weighted by atomic mass is 10.3. The van der Waals surface area contributed by atoms with Gasteiger partial charge in [0.1, 0.15) is 0 Å². The number of carbonyl (C=O) groups excluding carboxylic acids is 1. The first-order chi connectivity index (χ1) is 6.75. The van der Waals surface area contributed by atoms with Crippen molar-refractivity contribution < 1.29 is 4.79 Å². The molecule has 0 saturated heterocycles. The fraction of sp³-hybridized carbons (Fsp3) is 0.222. The Bertz CT molecular complexity index is 369. The van der Waals surface area contributed by atoms with Crippen molar-refractivity contribution in [1.82, 2.24) is 15.3 Å². The van der Waals surface area contributed by atoms with E-state index in [-0.39, 0.29) is 17.4 Å². The number of carbonyl (C=O) groups is 1. The maximum absolute atomic E-state index is 11.4. The van der Waals surface area contributed by atoms with Gasteiger partial charge in [-0.3, -0.25) is 4.79 Å². The number of rotatable bonds is 3. The minimum atomic E-state index is -0.356. The van der Waals surface area contributed by atoms with E-state index in [1.54, 1.807) is 0 Å². The maximum atomic E-state index is 11.4. The number of terminal acetylenes is 1. The topological polar surface area (TPSA) is 80.9 Å². The van der Waals surface area contributed by atoms with E-state index >= 15 is 0 Å². The van der Waals surface area contributed by atoms with Crippen LogP contribution in [0.3, 0.4) is 0 Å². The average Bonchev–Trinajstić information content (AvgIpc) is 2.18. The van der Waals surface area contributed by atoms with E-state index in [2.05, 4.69) is 21.2 Å². The molecule has 0 saturated carbocycles. The Labute approximate surface area is 81.7 Å². The van der Waals surface area contributed by atoms with Crippen LogP contribution < -0.4 is 11.1 Å². The minimum absolute atomic E-state index is 0.116. The summed E-state index contributed by atoms with van der Waals surface area (Å²) in [6.45, 7) is 0.408. The summed E-state index contributed by atoms with van der Waals surface area (Å²) in [6, 6.07) is 0. The highest BCUT2D eigenvalue weighted by molar-refractivity contribution is 5.96. The molecule has 0 radical (unpaired) electrons. The third kappa shape index (κ3) is 2.45. The third-order valence-corrected chi connectivity index (χ3v) is 1.50. The fourth-order valence-corrected chi connectivity index (χ4v) is 0.856. The number of nitrogens with zero attached hydrogens (tertiary/aromatic N) is 2. The summed E-state index contributed by atoms with van der Waals surface area (Å²) in [5.41, 5.74) is 5.58. The molecule has 72 valence electrons. The summed E-state index contributed by atoms with van der Waals surface area (Å²) >= 11 is 0. The predicted molar refractivity (Wildman–Crippen MR) is 52.2 cm³/mol. The molecule has 1 aromatic rings. The Morgan fingerprint density at radius 2 is 2.29 bits per heavy atom. The number of anilines is 1. The van der Waals surface area contributed by atoms with Crippen LogP contribution in [-0.2, 0) is 0 Å². The van der Waals surface area contributed by atoms with E-state index in [1.807, 2.05) is 0 Å². The number of hydrogen-bond donors (Lipinski definition) is 2. The van der Waals surface area contributed by atoms with Gasteiger partial charge in [0.2, 0.25) is 0 Å². The molecule has 0 aromatic carbocycles. The molecular weight excluding hydrogens is 180 g/mol. The van der Waals surface area contributed by atoms with Crippen LogP contribution in [-0.4, -0.2) is 22.4 Å². The first-order valence-electron chi connectivity index (χ1n) is 4.04. The van der Waals surface area contributed by atoms with E-state index in [0.717, 1.165) is 0 Å². The number of hydrogen-bond acceptors (Lipinski definition) is 4. The average molecular weight is 190 g/mol. The molecule has 0 spiro atoms. The van der Waals surface area contributed by atoms with Gasteiger partial charge in [0.15, 0.2) is 11.5 Å². The molecule has 0 aliphatic heterocycles. The Morgan fingerprint density at radius 1 is 1.57 bits per heavy atom. The highest BCUT2D eigenvalue weighted by atomic mass is 16.1. The molecule has 0 aliphatic rings. The standard InChI is InChI=1S/C9H10N4O/c1-2-3-4-13-9(14)7-8(10)12-6-5-11-7/h1,5-6H,3-4H2,(H2,10,12)(H,13,14). The van der Waals surface area contributed by atoms with Crippen molar-refractivity contribution in [3.63, 3.8) is 0 Å². The lowest BCUT2D eigenvalue weighted by Gasteiger charge is -2.03. The van der Waals surface area contributed by atoms with Gasteiger partial charge in [-0.1, -0.05) is 0 Å². The number of aromatic nitrogens is 2. The third-order valence-electron chi connectivity index (χ3n) is 1.50. The Hall–Kier alpha value is -2.09. The van der Waals surface area contributed by atoms with Crippen LogP contribution in [0.2, 0.25) is 0 Å². The molecule has 1 amide bonds. The molecular formula is C9H10N4O. The zero-order valence-electron chi connectivity index (χ0n) is 7.53. The van der Waals surface area contributed by atoms with Gasteiger partial charge in [0.05, 0.1) is 0 Å². The van der Waals surface area contributed by atoms with Gasteiger partial charge in [-0.05, 0) is 0 Å². The summed E-state index contributed by atoms with van der Waals surface area (Å²) in [6.07, 6.45) is 8.34. The molecule has 0 bridgehead atoms. The van der Waals surface area contributed by atoms with E-state index in [0.29, 0.717) is 13.0 Å². The molecule has 0 aliphatic carbocycles. The maximum Gasteiger partial charge on any atom is 0.273 e. The fourth-order valence-electron chi connectivity index (χ4n) is 0.856. The molecule has 14 heavy (non-hydrogen) atoms. The van der Waals surface area contributed by atoms with Crippen LogP contribution in [0.25, 0.3) is 0 Å². The largest absolute Gasteiger partial charge is 0.382 e. The Kier molecular flexibility index (Phi) is 3.44. The van der Waals surface area contributed by atoms with Crippen LogP contribution in [0, 0.1) is 12.3 Å². The van der Waals surface area contributed by atoms with E-state index < -0.39 is 0 Å². The van der Waals surface area contributed by atoms with Crippen molar-refractivity contribution in [3.05, 3.63) is 18.1 Å². The number of nitrogens with one attached hydrogen (secondary N) is 1. The second-order valence-electron chi connectivity index (χ2n) is 2.50. The van der Waals surface area contributed by atoms with Gasteiger partial charge in [0, 0.05) is 25.4 Å². The lowest BCUT2D eigenvalue weighted by molar-refractivity contribution is 0.0950. The van der Waals surface area contributed by atoms with E-state index in [9.17, 15) is 4.79 Å². The van der Waals surface area contributed by atoms with Gasteiger partial charge >= 0.3 is 0 Å². The van der Waals surface area contributed by atoms with Crippen molar-refractivity contribution in [2.45, 2.75) is 6.42 Å². The summed E-state index contributed by atoms with van der Waals surface area (Å²) < 4.78 is 0. The minimum Gasteiger partial charge on any atom is -0.382 e. The highest BCUT2D eigenvalue weighted by Crippen LogP contribution is 2.01. The number of amides is 1. The molecule has 0 fully saturated rings. The summed E-state index contributed by atoms with van der Waals surface area (Å²) in [5, 5.41) is 2.58. The van der Waals surface area contributed by atoms with Gasteiger partial charge in [-0.15, -0.1) is 12.3 Å². The quantitative estimate of drug-likeness (QED) is 0.511. The van der Waals surface area contributed by atoms with Gasteiger partial charge in [-0.25, -0.2) is 9.97 Å². The summed E-state index contributed by atoms with van der Waals surface area (Å²) in [7, 11) is 0. The zero-order chi connectivity index (χ0) is 10.4. The SMILES string of the molecule is C#CCCNC(=O)c1nccnc1N. The zero-order valence-corrected chi connectivity index (χ0v) is 7.53. The first-order valence-corrected chi connectivity index (χ1v) is 4.04. The summed E-state index contributed by atoms with van der Waals surface area (Å²) in [4.78, 5) is 18.9. The van der Waals surface area contributed by atoms with Crippen molar-refractivity contribution in [3.8, 4) is 12.3 Å². The Morgan fingerprint density at radius 3 is 2.93 bits per heavy atom. The molecule has 1 aromatic heterocycles. The molecule has 5 heteroatoms. The van der Waals surface area contributed by atoms with Crippen molar-refractivity contribution in [2.75, 3.05) is 12.3 Å².